The molecule has 0 amide bonds. The van der Waals surface area contributed by atoms with E-state index in [2.05, 4.69) is 264 Å². The molecular weight excluding hydrogens is 761 g/mol. The van der Waals surface area contributed by atoms with Crippen LogP contribution < -0.4 is 4.90 Å². The number of hydrogen-bond acceptors (Lipinski definition) is 1. The van der Waals surface area contributed by atoms with E-state index >= 15 is 0 Å². The van der Waals surface area contributed by atoms with E-state index in [-0.39, 0.29) is 0 Å². The van der Waals surface area contributed by atoms with Gasteiger partial charge in [0.2, 0.25) is 0 Å². The van der Waals surface area contributed by atoms with Crippen LogP contribution in [0.5, 0.6) is 0 Å². The lowest BCUT2D eigenvalue weighted by Crippen LogP contribution is -2.28. The Labute approximate surface area is 368 Å². The summed E-state index contributed by atoms with van der Waals surface area (Å²) in [6.45, 7) is 0. The van der Waals surface area contributed by atoms with Gasteiger partial charge in [0.1, 0.15) is 0 Å². The molecular formula is C61H42N2. The maximum atomic E-state index is 2.40. The van der Waals surface area contributed by atoms with Crippen molar-refractivity contribution in [3.8, 4) is 39.1 Å². The van der Waals surface area contributed by atoms with Crippen LogP contribution in [0.15, 0.2) is 255 Å². The van der Waals surface area contributed by atoms with Crippen molar-refractivity contribution in [2.24, 2.45) is 0 Å². The zero-order valence-electron chi connectivity index (χ0n) is 34.6. The molecule has 0 bridgehead atoms. The van der Waals surface area contributed by atoms with Gasteiger partial charge in [0.05, 0.1) is 16.4 Å². The lowest BCUT2D eigenvalue weighted by molar-refractivity contribution is 0.768. The van der Waals surface area contributed by atoms with Crippen molar-refractivity contribution in [2.45, 2.75) is 5.41 Å². The van der Waals surface area contributed by atoms with Gasteiger partial charge < -0.3 is 9.47 Å². The molecule has 12 rings (SSSR count). The highest BCUT2D eigenvalue weighted by molar-refractivity contribution is 6.09. The first-order valence-corrected chi connectivity index (χ1v) is 21.8. The second-order valence-corrected chi connectivity index (χ2v) is 16.5. The summed E-state index contributed by atoms with van der Waals surface area (Å²) in [5.74, 6) is 0. The van der Waals surface area contributed by atoms with Crippen LogP contribution in [0.2, 0.25) is 0 Å². The maximum absolute atomic E-state index is 2.40. The molecule has 1 heterocycles. The maximum Gasteiger partial charge on any atom is 0.0713 e. The number of nitrogens with zero attached hydrogens (tertiary/aromatic N) is 2. The van der Waals surface area contributed by atoms with Crippen LogP contribution >= 0.6 is 0 Å². The summed E-state index contributed by atoms with van der Waals surface area (Å²) >= 11 is 0. The molecule has 11 aromatic rings. The third-order valence-corrected chi connectivity index (χ3v) is 13.1. The highest BCUT2D eigenvalue weighted by atomic mass is 15.1. The van der Waals surface area contributed by atoms with E-state index in [9.17, 15) is 0 Å². The Kier molecular flexibility index (Phi) is 8.76. The lowest BCUT2D eigenvalue weighted by atomic mass is 9.68. The molecule has 0 atom stereocenters. The molecule has 10 aromatic carbocycles. The van der Waals surface area contributed by atoms with E-state index in [4.69, 9.17) is 0 Å². The molecule has 0 N–H and O–H groups in total. The van der Waals surface area contributed by atoms with Gasteiger partial charge in [0, 0.05) is 33.5 Å². The van der Waals surface area contributed by atoms with Crippen LogP contribution in [0.3, 0.4) is 0 Å². The Morgan fingerprint density at radius 1 is 0.302 bits per heavy atom. The number of rotatable bonds is 8. The first-order chi connectivity index (χ1) is 31.3. The molecule has 0 fully saturated rings. The van der Waals surface area contributed by atoms with Gasteiger partial charge in [-0.1, -0.05) is 194 Å². The standard InChI is InChI=1S/C61H42N2/c1-3-16-43(17-4-1)44-30-32-45(33-31-44)46-18-15-21-52(42-46)62(50-38-40-51(41-39-50)63-59-28-13-9-24-55(59)56-25-10-14-29-60(56)63)49-36-34-48(35-37-49)61(47-19-5-2-6-20-47)57-26-11-7-22-53(57)54-23-8-12-27-58(54)61/h1-42H. The minimum Gasteiger partial charge on any atom is -0.310 e. The first-order valence-electron chi connectivity index (χ1n) is 21.8. The van der Waals surface area contributed by atoms with Crippen LogP contribution in [0, 0.1) is 0 Å². The van der Waals surface area contributed by atoms with E-state index < -0.39 is 5.41 Å². The second-order valence-electron chi connectivity index (χ2n) is 16.5. The minimum absolute atomic E-state index is 0.465. The summed E-state index contributed by atoms with van der Waals surface area (Å²) in [5.41, 5.74) is 18.8. The molecule has 1 aliphatic carbocycles. The number of benzene rings is 10. The average molecular weight is 803 g/mol. The van der Waals surface area contributed by atoms with Gasteiger partial charge in [-0.05, 0) is 116 Å². The fraction of sp³-hybridized carbons (Fsp3) is 0.0164. The Morgan fingerprint density at radius 2 is 0.746 bits per heavy atom. The third-order valence-electron chi connectivity index (χ3n) is 13.1. The number of hydrogen-bond donors (Lipinski definition) is 0. The van der Waals surface area contributed by atoms with Crippen LogP contribution in [0.25, 0.3) is 60.9 Å². The van der Waals surface area contributed by atoms with Crippen LogP contribution in [0.4, 0.5) is 17.1 Å². The lowest BCUT2D eigenvalue weighted by Gasteiger charge is -2.34. The van der Waals surface area contributed by atoms with Gasteiger partial charge >= 0.3 is 0 Å². The van der Waals surface area contributed by atoms with Crippen molar-refractivity contribution in [1.29, 1.82) is 0 Å². The average Bonchev–Trinajstić information content (AvgIpc) is 3.86. The quantitative estimate of drug-likeness (QED) is 0.149. The summed E-state index contributed by atoms with van der Waals surface area (Å²) in [4.78, 5) is 2.40. The van der Waals surface area contributed by atoms with Gasteiger partial charge in [-0.2, -0.15) is 0 Å². The third kappa shape index (κ3) is 5.95. The highest BCUT2D eigenvalue weighted by Gasteiger charge is 2.45. The van der Waals surface area contributed by atoms with Crippen molar-refractivity contribution >= 4 is 38.9 Å². The minimum atomic E-state index is -0.465. The zero-order chi connectivity index (χ0) is 41.7. The molecule has 0 radical (unpaired) electrons. The predicted molar refractivity (Wildman–Crippen MR) is 264 cm³/mol. The summed E-state index contributed by atoms with van der Waals surface area (Å²) < 4.78 is 2.38. The largest absolute Gasteiger partial charge is 0.310 e. The van der Waals surface area contributed by atoms with Gasteiger partial charge in [0.25, 0.3) is 0 Å². The molecule has 0 spiro atoms. The summed E-state index contributed by atoms with van der Waals surface area (Å²) in [6.07, 6.45) is 0. The molecule has 0 unspecified atom stereocenters. The molecule has 1 aromatic heterocycles. The number of fused-ring (bicyclic) bond motifs is 6. The summed E-state index contributed by atoms with van der Waals surface area (Å²) in [7, 11) is 0. The molecule has 2 heteroatoms. The Bertz CT molecular complexity index is 3320. The van der Waals surface area contributed by atoms with Crippen molar-refractivity contribution in [3.05, 3.63) is 277 Å². The SMILES string of the molecule is c1ccc(-c2ccc(-c3cccc(N(c4ccc(-n5c6ccccc6c6ccccc65)cc4)c4ccc(C5(c6ccccc6)c6ccccc6-c6ccccc65)cc4)c3)cc2)cc1. The monoisotopic (exact) mass is 802 g/mol. The number of aromatic nitrogens is 1. The van der Waals surface area contributed by atoms with Gasteiger partial charge in [-0.3, -0.25) is 0 Å². The second kappa shape index (κ2) is 15.1. The molecule has 0 saturated carbocycles. The molecule has 296 valence electrons. The van der Waals surface area contributed by atoms with E-state index in [1.165, 1.54) is 71.9 Å². The molecule has 1 aliphatic rings. The van der Waals surface area contributed by atoms with Crippen LogP contribution in [-0.4, -0.2) is 4.57 Å². The molecule has 2 nitrogen and oxygen atoms in total. The Balaban J connectivity index is 1.00. The normalized spacial score (nSPS) is 12.6. The van der Waals surface area contributed by atoms with Crippen molar-refractivity contribution < 1.29 is 0 Å². The summed E-state index contributed by atoms with van der Waals surface area (Å²) in [6, 6.07) is 93.2. The van der Waals surface area contributed by atoms with E-state index in [0.717, 1.165) is 28.3 Å². The van der Waals surface area contributed by atoms with Crippen LogP contribution in [-0.2, 0) is 5.41 Å². The van der Waals surface area contributed by atoms with E-state index in [0.29, 0.717) is 0 Å². The van der Waals surface area contributed by atoms with Gasteiger partial charge in [-0.15, -0.1) is 0 Å². The highest BCUT2D eigenvalue weighted by Crippen LogP contribution is 2.56. The Hall–Kier alpha value is -8.20. The molecule has 0 aliphatic heterocycles. The molecule has 63 heavy (non-hydrogen) atoms. The fourth-order valence-corrected chi connectivity index (χ4v) is 10.3. The van der Waals surface area contributed by atoms with E-state index in [1.54, 1.807) is 0 Å². The Morgan fingerprint density at radius 3 is 1.35 bits per heavy atom. The predicted octanol–water partition coefficient (Wildman–Crippen LogP) is 16.0. The van der Waals surface area contributed by atoms with Crippen molar-refractivity contribution in [1.82, 2.24) is 4.57 Å². The topological polar surface area (TPSA) is 8.17 Å². The van der Waals surface area contributed by atoms with Gasteiger partial charge in [-0.25, -0.2) is 0 Å². The fourth-order valence-electron chi connectivity index (χ4n) is 10.3. The van der Waals surface area contributed by atoms with Crippen LogP contribution in [0.1, 0.15) is 22.3 Å². The smallest absolute Gasteiger partial charge is 0.0713 e. The van der Waals surface area contributed by atoms with Crippen molar-refractivity contribution in [2.75, 3.05) is 4.90 Å². The number of anilines is 3. The van der Waals surface area contributed by atoms with Crippen molar-refractivity contribution in [3.63, 3.8) is 0 Å². The van der Waals surface area contributed by atoms with E-state index in [1.807, 2.05) is 0 Å². The zero-order valence-corrected chi connectivity index (χ0v) is 34.6. The van der Waals surface area contributed by atoms with Gasteiger partial charge in [0.15, 0.2) is 0 Å². The summed E-state index contributed by atoms with van der Waals surface area (Å²) in [5, 5.41) is 2.52. The molecule has 0 saturated heterocycles. The number of para-hydroxylation sites is 2. The first kappa shape index (κ1) is 36.6.